The Morgan fingerprint density at radius 3 is 2.96 bits per heavy atom. The third kappa shape index (κ3) is 3.43. The molecule has 6 nitrogen and oxygen atoms in total. The number of nitrogens with one attached hydrogen (secondary N) is 1. The normalized spacial score (nSPS) is 17.5. The molecule has 0 spiro atoms. The second kappa shape index (κ2) is 7.21. The van der Waals surface area contributed by atoms with Crippen LogP contribution in [0.15, 0.2) is 42.9 Å². The fraction of sp³-hybridized carbons (Fsp3) is 0.316. The van der Waals surface area contributed by atoms with Crippen molar-refractivity contribution in [1.82, 2.24) is 15.0 Å². The van der Waals surface area contributed by atoms with Crippen molar-refractivity contribution >= 4 is 22.5 Å². The minimum atomic E-state index is -0.348. The third-order valence-electron chi connectivity index (χ3n) is 4.45. The number of pyridine rings is 1. The quantitative estimate of drug-likeness (QED) is 0.778. The molecule has 1 fully saturated rings. The van der Waals surface area contributed by atoms with Crippen LogP contribution in [0.5, 0.6) is 0 Å². The maximum absolute atomic E-state index is 13.8. The van der Waals surface area contributed by atoms with E-state index >= 15 is 0 Å². The number of anilines is 2. The molecule has 1 atom stereocenters. The highest BCUT2D eigenvalue weighted by molar-refractivity contribution is 5.89. The molecule has 0 radical (unpaired) electrons. The summed E-state index contributed by atoms with van der Waals surface area (Å²) in [7, 11) is 0. The highest BCUT2D eigenvalue weighted by Gasteiger charge is 2.17. The lowest BCUT2D eigenvalue weighted by Gasteiger charge is -2.32. The summed E-state index contributed by atoms with van der Waals surface area (Å²) in [6, 6.07) is 8.92. The Kier molecular flexibility index (Phi) is 4.62. The lowest BCUT2D eigenvalue weighted by Crippen LogP contribution is -2.41. The van der Waals surface area contributed by atoms with Gasteiger partial charge in [0.15, 0.2) is 0 Å². The van der Waals surface area contributed by atoms with Crippen molar-refractivity contribution in [2.24, 2.45) is 0 Å². The van der Waals surface area contributed by atoms with Crippen LogP contribution in [-0.2, 0) is 11.3 Å². The number of rotatable bonds is 4. The zero-order valence-electron chi connectivity index (χ0n) is 14.5. The van der Waals surface area contributed by atoms with E-state index in [9.17, 15) is 4.39 Å². The van der Waals surface area contributed by atoms with E-state index < -0.39 is 0 Å². The molecular formula is C19H20FN5O. The number of para-hydroxylation sites is 1. The van der Waals surface area contributed by atoms with Crippen molar-refractivity contribution in [3.8, 4) is 0 Å². The average molecular weight is 353 g/mol. The van der Waals surface area contributed by atoms with Crippen LogP contribution in [0.3, 0.4) is 0 Å². The first-order valence-corrected chi connectivity index (χ1v) is 8.65. The smallest absolute Gasteiger partial charge is 0.149 e. The summed E-state index contributed by atoms with van der Waals surface area (Å²) in [5, 5.41) is 3.91. The van der Waals surface area contributed by atoms with E-state index in [2.05, 4.69) is 32.1 Å². The predicted molar refractivity (Wildman–Crippen MR) is 98.7 cm³/mol. The predicted octanol–water partition coefficient (Wildman–Crippen LogP) is 3.00. The number of hydrogen-bond donors (Lipinski definition) is 1. The summed E-state index contributed by atoms with van der Waals surface area (Å²) < 4.78 is 19.4. The first kappa shape index (κ1) is 16.7. The lowest BCUT2D eigenvalue weighted by molar-refractivity contribution is 0.0529. The van der Waals surface area contributed by atoms with Gasteiger partial charge in [0.25, 0.3) is 0 Å². The molecule has 0 bridgehead atoms. The molecule has 0 aliphatic carbocycles. The van der Waals surface area contributed by atoms with Crippen LogP contribution in [0.1, 0.15) is 12.5 Å². The van der Waals surface area contributed by atoms with Gasteiger partial charge in [0.1, 0.15) is 29.3 Å². The fourth-order valence-electron chi connectivity index (χ4n) is 3.11. The van der Waals surface area contributed by atoms with E-state index in [1.54, 1.807) is 6.07 Å². The zero-order valence-corrected chi connectivity index (χ0v) is 14.5. The number of aromatic nitrogens is 3. The molecule has 1 aliphatic rings. The Labute approximate surface area is 151 Å². The van der Waals surface area contributed by atoms with Crippen molar-refractivity contribution in [3.63, 3.8) is 0 Å². The van der Waals surface area contributed by atoms with Gasteiger partial charge in [-0.1, -0.05) is 12.1 Å². The molecule has 1 N–H and O–H groups in total. The molecule has 1 aromatic carbocycles. The lowest BCUT2D eigenvalue weighted by atomic mass is 10.2. The van der Waals surface area contributed by atoms with E-state index in [1.807, 2.05) is 24.4 Å². The maximum Gasteiger partial charge on any atom is 0.149 e. The Morgan fingerprint density at radius 1 is 1.23 bits per heavy atom. The maximum atomic E-state index is 13.8. The number of ether oxygens (including phenoxy) is 1. The van der Waals surface area contributed by atoms with Crippen molar-refractivity contribution in [2.45, 2.75) is 19.6 Å². The minimum absolute atomic E-state index is 0.221. The first-order chi connectivity index (χ1) is 12.7. The van der Waals surface area contributed by atoms with Crippen molar-refractivity contribution in [1.29, 1.82) is 0 Å². The highest BCUT2D eigenvalue weighted by atomic mass is 19.1. The molecule has 4 rings (SSSR count). The summed E-state index contributed by atoms with van der Waals surface area (Å²) in [5.41, 5.74) is 1.35. The molecule has 0 unspecified atom stereocenters. The van der Waals surface area contributed by atoms with Crippen LogP contribution in [-0.4, -0.2) is 40.8 Å². The number of morpholine rings is 1. The standard InChI is InChI=1S/C19H20FN5O/c1-13-11-25(7-8-26-13)17-6-5-14(9-21-17)10-22-19-15-3-2-4-16(20)18(15)23-12-24-19/h2-6,9,12-13H,7-8,10-11H2,1H3,(H,22,23,24)/t13-/m0/s1. The number of fused-ring (bicyclic) bond motifs is 1. The molecule has 0 amide bonds. The van der Waals surface area contributed by atoms with Crippen molar-refractivity contribution < 1.29 is 9.13 Å². The topological polar surface area (TPSA) is 63.2 Å². The summed E-state index contributed by atoms with van der Waals surface area (Å²) in [4.78, 5) is 15.0. The molecular weight excluding hydrogens is 333 g/mol. The molecule has 2 aromatic heterocycles. The fourth-order valence-corrected chi connectivity index (χ4v) is 3.11. The first-order valence-electron chi connectivity index (χ1n) is 8.65. The van der Waals surface area contributed by atoms with Crippen LogP contribution in [0.25, 0.3) is 10.9 Å². The SMILES string of the molecule is C[C@H]1CN(c2ccc(CNc3ncnc4c(F)cccc34)cn2)CCO1. The van der Waals surface area contributed by atoms with Crippen LogP contribution in [0, 0.1) is 5.82 Å². The number of benzene rings is 1. The monoisotopic (exact) mass is 353 g/mol. The molecule has 3 aromatic rings. The average Bonchev–Trinajstić information content (AvgIpc) is 2.67. The van der Waals surface area contributed by atoms with E-state index in [-0.39, 0.29) is 11.9 Å². The summed E-state index contributed by atoms with van der Waals surface area (Å²) in [6.45, 7) is 5.05. The van der Waals surface area contributed by atoms with Gasteiger partial charge in [-0.05, 0) is 30.7 Å². The molecule has 26 heavy (non-hydrogen) atoms. The summed E-state index contributed by atoms with van der Waals surface area (Å²) in [6.07, 6.45) is 3.44. The second-order valence-electron chi connectivity index (χ2n) is 6.36. The second-order valence-corrected chi connectivity index (χ2v) is 6.36. The van der Waals surface area contributed by atoms with Gasteiger partial charge in [0.05, 0.1) is 12.7 Å². The van der Waals surface area contributed by atoms with Crippen LogP contribution >= 0.6 is 0 Å². The van der Waals surface area contributed by atoms with Gasteiger partial charge in [-0.2, -0.15) is 0 Å². The van der Waals surface area contributed by atoms with E-state index in [0.29, 0.717) is 23.3 Å². The number of halogens is 1. The van der Waals surface area contributed by atoms with E-state index in [4.69, 9.17) is 4.74 Å². The van der Waals surface area contributed by atoms with Crippen LogP contribution in [0.2, 0.25) is 0 Å². The zero-order chi connectivity index (χ0) is 17.9. The molecule has 1 saturated heterocycles. The Morgan fingerprint density at radius 2 is 2.15 bits per heavy atom. The molecule has 1 aliphatic heterocycles. The number of hydrogen-bond acceptors (Lipinski definition) is 6. The van der Waals surface area contributed by atoms with Gasteiger partial charge >= 0.3 is 0 Å². The van der Waals surface area contributed by atoms with Gasteiger partial charge in [0, 0.05) is 31.2 Å². The van der Waals surface area contributed by atoms with E-state index in [1.165, 1.54) is 12.4 Å². The third-order valence-corrected chi connectivity index (χ3v) is 4.45. The molecule has 0 saturated carbocycles. The van der Waals surface area contributed by atoms with Gasteiger partial charge in [-0.25, -0.2) is 19.3 Å². The van der Waals surface area contributed by atoms with E-state index in [0.717, 1.165) is 31.1 Å². The Hall–Kier alpha value is -2.80. The number of nitrogens with zero attached hydrogens (tertiary/aromatic N) is 4. The van der Waals surface area contributed by atoms with Crippen LogP contribution in [0.4, 0.5) is 16.0 Å². The Bertz CT molecular complexity index is 902. The molecule has 3 heterocycles. The van der Waals surface area contributed by atoms with Crippen molar-refractivity contribution in [3.05, 3.63) is 54.2 Å². The summed E-state index contributed by atoms with van der Waals surface area (Å²) in [5.74, 6) is 1.22. The van der Waals surface area contributed by atoms with Crippen LogP contribution < -0.4 is 10.2 Å². The van der Waals surface area contributed by atoms with Gasteiger partial charge < -0.3 is 15.0 Å². The van der Waals surface area contributed by atoms with Gasteiger partial charge in [-0.3, -0.25) is 0 Å². The Balaban J connectivity index is 1.46. The van der Waals surface area contributed by atoms with Gasteiger partial charge in [0.2, 0.25) is 0 Å². The summed E-state index contributed by atoms with van der Waals surface area (Å²) >= 11 is 0. The molecule has 134 valence electrons. The molecule has 7 heteroatoms. The van der Waals surface area contributed by atoms with Crippen molar-refractivity contribution in [2.75, 3.05) is 29.9 Å². The van der Waals surface area contributed by atoms with Gasteiger partial charge in [-0.15, -0.1) is 0 Å². The highest BCUT2D eigenvalue weighted by Crippen LogP contribution is 2.22. The minimum Gasteiger partial charge on any atom is -0.375 e. The largest absolute Gasteiger partial charge is 0.375 e.